The van der Waals surface area contributed by atoms with Crippen LogP contribution < -0.4 is 10.2 Å². The van der Waals surface area contributed by atoms with E-state index in [1.54, 1.807) is 23.5 Å². The standard InChI is InChI=1S/C19H19N3O2S2/c1-12(23)15-8-9-17(25-15)18(24)20-13-5-4-10-22(11-13)19-21-14-6-2-3-7-16(14)26-19/h2-3,6-9,13H,4-5,10-11H2,1H3,(H,20,24)/t13-/m1/s1. The molecule has 1 N–H and O–H groups in total. The van der Waals surface area contributed by atoms with Crippen molar-refractivity contribution >= 4 is 49.7 Å². The minimum absolute atomic E-state index is 0.00581. The fourth-order valence-corrected chi connectivity index (χ4v) is 4.97. The molecule has 1 aliphatic heterocycles. The second-order valence-corrected chi connectivity index (χ2v) is 8.54. The molecule has 1 amide bonds. The summed E-state index contributed by atoms with van der Waals surface area (Å²) >= 11 is 2.95. The second-order valence-electron chi connectivity index (χ2n) is 6.44. The average molecular weight is 386 g/mol. The maximum atomic E-state index is 12.5. The molecule has 3 heterocycles. The Hall–Kier alpha value is -2.25. The van der Waals surface area contributed by atoms with Gasteiger partial charge in [-0.1, -0.05) is 23.5 Å². The fraction of sp³-hybridized carbons (Fsp3) is 0.316. The van der Waals surface area contributed by atoms with E-state index >= 15 is 0 Å². The van der Waals surface area contributed by atoms with E-state index in [0.717, 1.165) is 36.6 Å². The Bertz CT molecular complexity index is 930. The zero-order valence-corrected chi connectivity index (χ0v) is 16.0. The molecule has 7 heteroatoms. The Balaban J connectivity index is 1.44. The fourth-order valence-electron chi connectivity index (χ4n) is 3.17. The lowest BCUT2D eigenvalue weighted by Gasteiger charge is -2.32. The number of ketones is 1. The minimum atomic E-state index is -0.0985. The van der Waals surface area contributed by atoms with Crippen LogP contribution in [-0.2, 0) is 0 Å². The lowest BCUT2D eigenvalue weighted by Crippen LogP contribution is -2.47. The van der Waals surface area contributed by atoms with Gasteiger partial charge in [-0.15, -0.1) is 11.3 Å². The molecule has 1 atom stereocenters. The number of benzene rings is 1. The largest absolute Gasteiger partial charge is 0.347 e. The number of hydrogen-bond acceptors (Lipinski definition) is 6. The Labute approximate surface area is 159 Å². The molecule has 0 unspecified atom stereocenters. The van der Waals surface area contributed by atoms with Gasteiger partial charge in [0.1, 0.15) is 0 Å². The third-order valence-electron chi connectivity index (χ3n) is 4.49. The van der Waals surface area contributed by atoms with Crippen LogP contribution in [0.5, 0.6) is 0 Å². The summed E-state index contributed by atoms with van der Waals surface area (Å²) in [5.74, 6) is -0.104. The monoisotopic (exact) mass is 385 g/mol. The lowest BCUT2D eigenvalue weighted by atomic mass is 10.1. The van der Waals surface area contributed by atoms with Crippen LogP contribution in [-0.4, -0.2) is 35.8 Å². The van der Waals surface area contributed by atoms with Crippen molar-refractivity contribution in [3.8, 4) is 0 Å². The SMILES string of the molecule is CC(=O)c1ccc(C(=O)N[C@@H]2CCCN(c3nc4ccccc4s3)C2)s1. The van der Waals surface area contributed by atoms with Gasteiger partial charge in [0.25, 0.3) is 5.91 Å². The molecule has 1 fully saturated rings. The van der Waals surface area contributed by atoms with E-state index in [0.29, 0.717) is 9.75 Å². The van der Waals surface area contributed by atoms with Crippen LogP contribution >= 0.6 is 22.7 Å². The number of para-hydroxylation sites is 1. The van der Waals surface area contributed by atoms with Gasteiger partial charge in [-0.3, -0.25) is 9.59 Å². The number of amides is 1. The number of hydrogen-bond donors (Lipinski definition) is 1. The van der Waals surface area contributed by atoms with Crippen LogP contribution in [0.15, 0.2) is 36.4 Å². The Kier molecular flexibility index (Phi) is 4.74. The van der Waals surface area contributed by atoms with Crippen LogP contribution in [0, 0.1) is 0 Å². The molecule has 26 heavy (non-hydrogen) atoms. The Morgan fingerprint density at radius 1 is 1.15 bits per heavy atom. The summed E-state index contributed by atoms with van der Waals surface area (Å²) in [4.78, 5) is 32.1. The highest BCUT2D eigenvalue weighted by Crippen LogP contribution is 2.30. The van der Waals surface area contributed by atoms with Crippen LogP contribution in [0.25, 0.3) is 10.2 Å². The molecule has 1 aliphatic rings. The highest BCUT2D eigenvalue weighted by atomic mass is 32.1. The van der Waals surface area contributed by atoms with Crippen LogP contribution in [0.2, 0.25) is 0 Å². The van der Waals surface area contributed by atoms with Crippen molar-refractivity contribution in [2.24, 2.45) is 0 Å². The predicted octanol–water partition coefficient (Wildman–Crippen LogP) is 3.96. The topological polar surface area (TPSA) is 62.3 Å². The van der Waals surface area contributed by atoms with E-state index in [9.17, 15) is 9.59 Å². The summed E-state index contributed by atoms with van der Waals surface area (Å²) < 4.78 is 1.18. The number of carbonyl (C=O) groups excluding carboxylic acids is 2. The summed E-state index contributed by atoms with van der Waals surface area (Å²) in [5, 5.41) is 4.13. The van der Waals surface area contributed by atoms with E-state index in [-0.39, 0.29) is 17.7 Å². The van der Waals surface area contributed by atoms with Crippen molar-refractivity contribution in [3.63, 3.8) is 0 Å². The van der Waals surface area contributed by atoms with Gasteiger partial charge >= 0.3 is 0 Å². The van der Waals surface area contributed by atoms with Crippen LogP contribution in [0.4, 0.5) is 5.13 Å². The van der Waals surface area contributed by atoms with E-state index < -0.39 is 0 Å². The number of carbonyl (C=O) groups is 2. The van der Waals surface area contributed by atoms with E-state index in [4.69, 9.17) is 4.98 Å². The smallest absolute Gasteiger partial charge is 0.261 e. The van der Waals surface area contributed by atoms with E-state index in [1.807, 2.05) is 18.2 Å². The maximum Gasteiger partial charge on any atom is 0.261 e. The molecule has 0 radical (unpaired) electrons. The van der Waals surface area contributed by atoms with Gasteiger partial charge in [-0.25, -0.2) is 4.98 Å². The zero-order valence-electron chi connectivity index (χ0n) is 14.4. The average Bonchev–Trinajstić information content (AvgIpc) is 3.29. The third-order valence-corrected chi connectivity index (χ3v) is 6.77. The first-order valence-electron chi connectivity index (χ1n) is 8.62. The van der Waals surface area contributed by atoms with E-state index in [1.165, 1.54) is 23.0 Å². The summed E-state index contributed by atoms with van der Waals surface area (Å²) in [6, 6.07) is 11.7. The number of anilines is 1. The van der Waals surface area contributed by atoms with Gasteiger partial charge in [0, 0.05) is 19.1 Å². The van der Waals surface area contributed by atoms with Crippen molar-refractivity contribution in [2.75, 3.05) is 18.0 Å². The molecule has 0 aliphatic carbocycles. The van der Waals surface area contributed by atoms with Crippen molar-refractivity contribution in [1.82, 2.24) is 10.3 Å². The summed E-state index contributed by atoms with van der Waals surface area (Å²) in [5.41, 5.74) is 1.02. The number of thiazole rings is 1. The summed E-state index contributed by atoms with van der Waals surface area (Å²) in [6.45, 7) is 3.24. The van der Waals surface area contributed by atoms with Gasteiger partial charge in [-0.2, -0.15) is 0 Å². The number of nitrogens with one attached hydrogen (secondary N) is 1. The molecule has 3 aromatic rings. The minimum Gasteiger partial charge on any atom is -0.347 e. The van der Waals surface area contributed by atoms with Gasteiger partial charge in [0.05, 0.1) is 20.0 Å². The molecular formula is C19H19N3O2S2. The molecule has 1 aromatic carbocycles. The molecule has 1 saturated heterocycles. The van der Waals surface area contributed by atoms with E-state index in [2.05, 4.69) is 16.3 Å². The van der Waals surface area contributed by atoms with Crippen LogP contribution in [0.3, 0.4) is 0 Å². The summed E-state index contributed by atoms with van der Waals surface area (Å²) in [6.07, 6.45) is 1.97. The predicted molar refractivity (Wildman–Crippen MR) is 107 cm³/mol. The zero-order chi connectivity index (χ0) is 18.1. The first kappa shape index (κ1) is 17.2. The molecule has 0 saturated carbocycles. The second kappa shape index (κ2) is 7.17. The molecular weight excluding hydrogens is 366 g/mol. The number of fused-ring (bicyclic) bond motifs is 1. The molecule has 4 rings (SSSR count). The first-order valence-corrected chi connectivity index (χ1v) is 10.3. The van der Waals surface area contributed by atoms with Gasteiger partial charge in [-0.05, 0) is 44.0 Å². The molecule has 0 spiro atoms. The Morgan fingerprint density at radius 2 is 1.96 bits per heavy atom. The van der Waals surface area contributed by atoms with Gasteiger partial charge in [0.2, 0.25) is 0 Å². The number of Topliss-reactive ketones (excluding diaryl/α,β-unsaturated/α-hetero) is 1. The highest BCUT2D eigenvalue weighted by Gasteiger charge is 2.24. The highest BCUT2D eigenvalue weighted by molar-refractivity contribution is 7.22. The number of rotatable bonds is 4. The summed E-state index contributed by atoms with van der Waals surface area (Å²) in [7, 11) is 0. The van der Waals surface area contributed by atoms with Crippen molar-refractivity contribution < 1.29 is 9.59 Å². The van der Waals surface area contributed by atoms with Crippen molar-refractivity contribution in [3.05, 3.63) is 46.2 Å². The molecule has 0 bridgehead atoms. The van der Waals surface area contributed by atoms with Crippen molar-refractivity contribution in [1.29, 1.82) is 0 Å². The number of piperidine rings is 1. The third kappa shape index (κ3) is 3.50. The first-order chi connectivity index (χ1) is 12.6. The maximum absolute atomic E-state index is 12.5. The quantitative estimate of drug-likeness (QED) is 0.691. The van der Waals surface area contributed by atoms with Crippen molar-refractivity contribution in [2.45, 2.75) is 25.8 Å². The Morgan fingerprint density at radius 3 is 2.73 bits per heavy atom. The van der Waals surface area contributed by atoms with Gasteiger partial charge in [0.15, 0.2) is 10.9 Å². The number of aromatic nitrogens is 1. The molecule has 134 valence electrons. The van der Waals surface area contributed by atoms with Gasteiger partial charge < -0.3 is 10.2 Å². The molecule has 2 aromatic heterocycles. The number of thiophene rings is 1. The normalized spacial score (nSPS) is 17.4. The number of nitrogens with zero attached hydrogens (tertiary/aromatic N) is 2. The molecule has 5 nitrogen and oxygen atoms in total. The lowest BCUT2D eigenvalue weighted by molar-refractivity contribution is 0.0936. The van der Waals surface area contributed by atoms with Crippen LogP contribution in [0.1, 0.15) is 39.1 Å².